The number of hydrogen-bond donors (Lipinski definition) is 3. The average Bonchev–Trinajstić information content (AvgIpc) is 3.40. The van der Waals surface area contributed by atoms with Crippen molar-refractivity contribution in [2.75, 3.05) is 34.3 Å². The molecule has 0 unspecified atom stereocenters. The van der Waals surface area contributed by atoms with Crippen molar-refractivity contribution < 1.29 is 9.53 Å². The highest BCUT2D eigenvalue weighted by molar-refractivity contribution is 6.32. The normalized spacial score (nSPS) is 14.8. The molecule has 1 amide bonds. The van der Waals surface area contributed by atoms with Gasteiger partial charge in [-0.3, -0.25) is 20.7 Å². The van der Waals surface area contributed by atoms with Crippen molar-refractivity contribution in [3.8, 4) is 17.4 Å². The number of aryl methyl sites for hydroxylation is 1. The molecule has 0 aliphatic carbocycles. The van der Waals surface area contributed by atoms with Gasteiger partial charge in [0.2, 0.25) is 11.7 Å². The van der Waals surface area contributed by atoms with Crippen LogP contribution in [0.2, 0.25) is 5.02 Å². The smallest absolute Gasteiger partial charge is 0.290 e. The summed E-state index contributed by atoms with van der Waals surface area (Å²) in [4.78, 5) is 22.8. The topological polar surface area (TPSA) is 113 Å². The van der Waals surface area contributed by atoms with E-state index in [9.17, 15) is 4.79 Å². The second kappa shape index (κ2) is 7.04. The lowest BCUT2D eigenvalue weighted by Crippen LogP contribution is -2.22. The molecule has 4 rings (SSSR count). The van der Waals surface area contributed by atoms with Crippen LogP contribution in [-0.2, 0) is 7.05 Å². The molecule has 1 aliphatic heterocycles. The molecule has 3 N–H and O–H groups in total. The third kappa shape index (κ3) is 2.89. The molecule has 148 valence electrons. The largest absolute Gasteiger partial charge is 0.480 e. The number of rotatable bonds is 4. The van der Waals surface area contributed by atoms with Crippen LogP contribution in [0.4, 0.5) is 0 Å². The number of nitrogens with one attached hydrogen (secondary N) is 3. The van der Waals surface area contributed by atoms with Gasteiger partial charge in [-0.05, 0) is 6.07 Å². The number of amides is 1. The number of ether oxygens (including phenoxy) is 1. The average molecular weight is 405 g/mol. The molecule has 1 saturated heterocycles. The number of carbonyl (C=O) groups excluding carboxylic acids is 1. The first-order valence-corrected chi connectivity index (χ1v) is 9.13. The summed E-state index contributed by atoms with van der Waals surface area (Å²) in [5.41, 5.74) is 9.68. The fourth-order valence-electron chi connectivity index (χ4n) is 3.47. The first-order chi connectivity index (χ1) is 13.4. The SMILES string of the molecule is COc1nc2c(C3CNNC3)c(-c3n[nH]c(C(=O)N(C)C)n3)n(C)c2cc1Cl. The van der Waals surface area contributed by atoms with E-state index in [4.69, 9.17) is 16.3 Å². The van der Waals surface area contributed by atoms with Gasteiger partial charge in [-0.1, -0.05) is 11.6 Å². The molecule has 0 aromatic carbocycles. The monoisotopic (exact) mass is 404 g/mol. The molecule has 1 aliphatic rings. The summed E-state index contributed by atoms with van der Waals surface area (Å²) >= 11 is 6.31. The third-order valence-electron chi connectivity index (χ3n) is 4.86. The molecule has 0 atom stereocenters. The van der Waals surface area contributed by atoms with E-state index >= 15 is 0 Å². The molecule has 0 bridgehead atoms. The zero-order valence-corrected chi connectivity index (χ0v) is 16.8. The summed E-state index contributed by atoms with van der Waals surface area (Å²) < 4.78 is 7.27. The van der Waals surface area contributed by atoms with Gasteiger partial charge in [0.25, 0.3) is 5.91 Å². The Morgan fingerprint density at radius 3 is 2.68 bits per heavy atom. The minimum atomic E-state index is -0.244. The van der Waals surface area contributed by atoms with Crippen LogP contribution >= 0.6 is 11.6 Å². The van der Waals surface area contributed by atoms with Gasteiger partial charge in [-0.2, -0.15) is 5.10 Å². The molecule has 1 fully saturated rings. The maximum Gasteiger partial charge on any atom is 0.290 e. The number of carbonyl (C=O) groups is 1. The van der Waals surface area contributed by atoms with E-state index in [-0.39, 0.29) is 17.6 Å². The molecule has 0 spiro atoms. The summed E-state index contributed by atoms with van der Waals surface area (Å²) in [6, 6.07) is 1.82. The lowest BCUT2D eigenvalue weighted by molar-refractivity contribution is 0.0816. The minimum Gasteiger partial charge on any atom is -0.480 e. The Morgan fingerprint density at radius 1 is 1.32 bits per heavy atom. The quantitative estimate of drug-likeness (QED) is 0.592. The highest BCUT2D eigenvalue weighted by atomic mass is 35.5. The van der Waals surface area contributed by atoms with Gasteiger partial charge >= 0.3 is 0 Å². The Morgan fingerprint density at radius 2 is 2.04 bits per heavy atom. The molecule has 28 heavy (non-hydrogen) atoms. The van der Waals surface area contributed by atoms with Crippen LogP contribution in [0.15, 0.2) is 6.07 Å². The first-order valence-electron chi connectivity index (χ1n) is 8.75. The molecule has 0 saturated carbocycles. The zero-order chi connectivity index (χ0) is 20.0. The first kappa shape index (κ1) is 18.7. The lowest BCUT2D eigenvalue weighted by Gasteiger charge is -2.10. The molecular weight excluding hydrogens is 384 g/mol. The predicted molar refractivity (Wildman–Crippen MR) is 104 cm³/mol. The summed E-state index contributed by atoms with van der Waals surface area (Å²) in [7, 11) is 6.78. The predicted octanol–water partition coefficient (Wildman–Crippen LogP) is 0.914. The van der Waals surface area contributed by atoms with Crippen molar-refractivity contribution in [1.29, 1.82) is 0 Å². The van der Waals surface area contributed by atoms with Crippen LogP contribution in [0.1, 0.15) is 22.1 Å². The van der Waals surface area contributed by atoms with Gasteiger partial charge in [0.05, 0.1) is 23.8 Å². The number of fused-ring (bicyclic) bond motifs is 1. The molecule has 11 heteroatoms. The van der Waals surface area contributed by atoms with E-state index in [2.05, 4.69) is 31.0 Å². The molecular formula is C17H21ClN8O2. The van der Waals surface area contributed by atoms with Gasteiger partial charge in [0, 0.05) is 45.7 Å². The zero-order valence-electron chi connectivity index (χ0n) is 16.0. The minimum absolute atomic E-state index is 0.142. The van der Waals surface area contributed by atoms with Crippen LogP contribution < -0.4 is 15.6 Å². The van der Waals surface area contributed by atoms with Crippen molar-refractivity contribution >= 4 is 28.5 Å². The van der Waals surface area contributed by atoms with E-state index in [1.54, 1.807) is 14.1 Å². The van der Waals surface area contributed by atoms with Gasteiger partial charge in [0.1, 0.15) is 5.02 Å². The van der Waals surface area contributed by atoms with E-state index in [1.807, 2.05) is 17.7 Å². The maximum atomic E-state index is 12.2. The number of H-pyrrole nitrogens is 1. The maximum absolute atomic E-state index is 12.2. The van der Waals surface area contributed by atoms with Crippen LogP contribution in [0.5, 0.6) is 5.88 Å². The Bertz CT molecular complexity index is 1050. The van der Waals surface area contributed by atoms with Crippen molar-refractivity contribution in [3.05, 3.63) is 22.5 Å². The number of hydrazine groups is 1. The summed E-state index contributed by atoms with van der Waals surface area (Å²) in [6.07, 6.45) is 0. The van der Waals surface area contributed by atoms with E-state index < -0.39 is 0 Å². The number of hydrogen-bond acceptors (Lipinski definition) is 7. The van der Waals surface area contributed by atoms with Crippen LogP contribution in [0.3, 0.4) is 0 Å². The second-order valence-corrected chi connectivity index (χ2v) is 7.24. The van der Waals surface area contributed by atoms with Crippen LogP contribution in [-0.4, -0.2) is 69.8 Å². The Kier molecular flexibility index (Phi) is 4.69. The molecule has 4 heterocycles. The van der Waals surface area contributed by atoms with Crippen LogP contribution in [0, 0.1) is 0 Å². The Hall–Kier alpha value is -2.69. The molecule has 0 radical (unpaired) electrons. The number of nitrogens with zero attached hydrogens (tertiary/aromatic N) is 5. The number of aromatic nitrogens is 5. The molecule has 3 aromatic rings. The lowest BCUT2D eigenvalue weighted by atomic mass is 9.98. The van der Waals surface area contributed by atoms with Gasteiger partial charge in [0.15, 0.2) is 5.82 Å². The summed E-state index contributed by atoms with van der Waals surface area (Å²) in [6.45, 7) is 1.46. The van der Waals surface area contributed by atoms with Crippen molar-refractivity contribution in [2.45, 2.75) is 5.92 Å². The van der Waals surface area contributed by atoms with Crippen molar-refractivity contribution in [1.82, 2.24) is 40.5 Å². The highest BCUT2D eigenvalue weighted by Gasteiger charge is 2.30. The number of aromatic amines is 1. The summed E-state index contributed by atoms with van der Waals surface area (Å²) in [5, 5.41) is 7.47. The second-order valence-electron chi connectivity index (χ2n) is 6.83. The van der Waals surface area contributed by atoms with Gasteiger partial charge in [-0.15, -0.1) is 0 Å². The number of methoxy groups -OCH3 is 1. The fraction of sp³-hybridized carbons (Fsp3) is 0.412. The van der Waals surface area contributed by atoms with E-state index in [0.29, 0.717) is 16.7 Å². The Labute approximate surface area is 166 Å². The highest BCUT2D eigenvalue weighted by Crippen LogP contribution is 2.39. The van der Waals surface area contributed by atoms with Crippen LogP contribution in [0.25, 0.3) is 22.6 Å². The van der Waals surface area contributed by atoms with Gasteiger partial charge in [-0.25, -0.2) is 9.97 Å². The fourth-order valence-corrected chi connectivity index (χ4v) is 3.69. The molecule has 10 nitrogen and oxygen atoms in total. The van der Waals surface area contributed by atoms with Crippen molar-refractivity contribution in [3.63, 3.8) is 0 Å². The van der Waals surface area contributed by atoms with Gasteiger partial charge < -0.3 is 14.2 Å². The summed E-state index contributed by atoms with van der Waals surface area (Å²) in [5.74, 6) is 0.879. The van der Waals surface area contributed by atoms with E-state index in [0.717, 1.165) is 35.4 Å². The van der Waals surface area contributed by atoms with Crippen molar-refractivity contribution in [2.24, 2.45) is 7.05 Å². The number of pyridine rings is 1. The molecule has 3 aromatic heterocycles. The Balaban J connectivity index is 1.95. The third-order valence-corrected chi connectivity index (χ3v) is 5.13. The number of halogens is 1. The standard InChI is InChI=1S/C17H21ClN8O2/c1-25(2)17(27)15-22-14(23-24-15)13-11(8-6-19-20-7-8)12-10(26(13)3)5-9(18)16(21-12)28-4/h5,8,19-20H,6-7H2,1-4H3,(H,22,23,24). The van der Waals surface area contributed by atoms with E-state index in [1.165, 1.54) is 12.0 Å².